The summed E-state index contributed by atoms with van der Waals surface area (Å²) < 4.78 is 21.4. The molecule has 4 aromatic rings. The summed E-state index contributed by atoms with van der Waals surface area (Å²) >= 11 is 0. The number of rotatable bonds is 6. The zero-order valence-corrected chi connectivity index (χ0v) is 20.3. The molecule has 1 saturated carbocycles. The number of benzene rings is 1. The lowest BCUT2D eigenvalue weighted by Gasteiger charge is -2.20. The SMILES string of the molecule is Cc1nc(N[C@@H]2CC[C@H](NC(=O)OCc3ccon3)C2)nc2ccc(-c3ccnc4c3OCCO4)cc12. The van der Waals surface area contributed by atoms with E-state index in [9.17, 15) is 4.79 Å². The number of anilines is 1. The Morgan fingerprint density at radius 1 is 1.11 bits per heavy atom. The van der Waals surface area contributed by atoms with Gasteiger partial charge in [-0.25, -0.2) is 19.7 Å². The number of carbonyl (C=O) groups excluding carboxylic acids is 1. The first-order valence-electron chi connectivity index (χ1n) is 12.2. The number of nitrogens with zero attached hydrogens (tertiary/aromatic N) is 4. The van der Waals surface area contributed by atoms with Crippen LogP contribution in [-0.4, -0.2) is 51.5 Å². The molecule has 1 aromatic carbocycles. The molecule has 0 bridgehead atoms. The Balaban J connectivity index is 1.11. The quantitative estimate of drug-likeness (QED) is 0.398. The number of carbonyl (C=O) groups is 1. The molecule has 4 heterocycles. The molecule has 0 saturated heterocycles. The molecule has 37 heavy (non-hydrogen) atoms. The van der Waals surface area contributed by atoms with E-state index >= 15 is 0 Å². The van der Waals surface area contributed by atoms with Crippen LogP contribution in [0.4, 0.5) is 10.7 Å². The monoisotopic (exact) mass is 502 g/mol. The molecule has 190 valence electrons. The van der Waals surface area contributed by atoms with Crippen LogP contribution in [0.25, 0.3) is 22.0 Å². The summed E-state index contributed by atoms with van der Waals surface area (Å²) in [7, 11) is 0. The Kier molecular flexibility index (Phi) is 6.17. The van der Waals surface area contributed by atoms with E-state index in [2.05, 4.69) is 26.8 Å². The minimum Gasteiger partial charge on any atom is -0.484 e. The number of nitrogens with one attached hydrogen (secondary N) is 2. The molecule has 2 N–H and O–H groups in total. The lowest BCUT2D eigenvalue weighted by Crippen LogP contribution is -2.34. The minimum absolute atomic E-state index is 0.0175. The Labute approximate surface area is 212 Å². The number of pyridine rings is 1. The molecule has 1 fully saturated rings. The molecule has 1 aliphatic heterocycles. The summed E-state index contributed by atoms with van der Waals surface area (Å²) in [5, 5.41) is 11.0. The molecule has 6 rings (SSSR count). The first-order chi connectivity index (χ1) is 18.1. The predicted molar refractivity (Wildman–Crippen MR) is 133 cm³/mol. The summed E-state index contributed by atoms with van der Waals surface area (Å²) in [6, 6.07) is 9.83. The van der Waals surface area contributed by atoms with Crippen LogP contribution in [0, 0.1) is 6.92 Å². The highest BCUT2D eigenvalue weighted by Crippen LogP contribution is 2.39. The molecule has 1 aliphatic carbocycles. The lowest BCUT2D eigenvalue weighted by atomic mass is 10.0. The lowest BCUT2D eigenvalue weighted by molar-refractivity contribution is 0.133. The van der Waals surface area contributed by atoms with Crippen molar-refractivity contribution in [1.29, 1.82) is 0 Å². The van der Waals surface area contributed by atoms with E-state index in [1.54, 1.807) is 12.3 Å². The fourth-order valence-corrected chi connectivity index (χ4v) is 4.78. The van der Waals surface area contributed by atoms with Crippen LogP contribution in [0.2, 0.25) is 0 Å². The molecule has 2 aliphatic rings. The van der Waals surface area contributed by atoms with Crippen LogP contribution in [0.3, 0.4) is 0 Å². The molecule has 0 unspecified atom stereocenters. The van der Waals surface area contributed by atoms with Gasteiger partial charge in [-0.05, 0) is 49.9 Å². The Morgan fingerprint density at radius 3 is 2.89 bits per heavy atom. The van der Waals surface area contributed by atoms with E-state index in [-0.39, 0.29) is 18.7 Å². The number of ether oxygens (including phenoxy) is 3. The summed E-state index contributed by atoms with van der Waals surface area (Å²) in [5.74, 6) is 1.76. The van der Waals surface area contributed by atoms with Gasteiger partial charge in [0.05, 0.1) is 11.2 Å². The van der Waals surface area contributed by atoms with Gasteiger partial charge < -0.3 is 29.4 Å². The first kappa shape index (κ1) is 23.0. The van der Waals surface area contributed by atoms with Crippen LogP contribution in [-0.2, 0) is 11.3 Å². The second-order valence-corrected chi connectivity index (χ2v) is 9.12. The standard InChI is InChI=1S/C26H26N6O5/c1-15-21-12-16(20-6-8-27-24-23(20)34-10-11-35-24)2-5-22(21)31-25(28-15)29-17-3-4-18(13-17)30-26(33)36-14-19-7-9-37-32-19/h2,5-9,12,17-18H,3-4,10-11,13-14H2,1H3,(H,30,33)(H,28,29,31)/t17-,18+/m1/s1. The van der Waals surface area contributed by atoms with Crippen molar-refractivity contribution >= 4 is 22.9 Å². The molecule has 0 radical (unpaired) electrons. The maximum Gasteiger partial charge on any atom is 0.407 e. The molecule has 11 nitrogen and oxygen atoms in total. The highest BCUT2D eigenvalue weighted by Gasteiger charge is 2.27. The maximum absolute atomic E-state index is 12.1. The predicted octanol–water partition coefficient (Wildman–Crippen LogP) is 4.02. The smallest absolute Gasteiger partial charge is 0.407 e. The molecular weight excluding hydrogens is 476 g/mol. The number of fused-ring (bicyclic) bond motifs is 2. The maximum atomic E-state index is 12.1. The summed E-state index contributed by atoms with van der Waals surface area (Å²) in [6.07, 6.45) is 5.20. The second kappa shape index (κ2) is 9.92. The third-order valence-corrected chi connectivity index (χ3v) is 6.57. The Bertz CT molecular complexity index is 1430. The molecule has 3 aromatic heterocycles. The van der Waals surface area contributed by atoms with E-state index < -0.39 is 6.09 Å². The largest absolute Gasteiger partial charge is 0.484 e. The normalized spacial score (nSPS) is 18.5. The van der Waals surface area contributed by atoms with Crippen LogP contribution in [0.5, 0.6) is 11.6 Å². The fourth-order valence-electron chi connectivity index (χ4n) is 4.78. The molecule has 0 spiro atoms. The van der Waals surface area contributed by atoms with E-state index in [0.717, 1.165) is 47.0 Å². The minimum atomic E-state index is -0.463. The zero-order valence-electron chi connectivity index (χ0n) is 20.3. The van der Waals surface area contributed by atoms with Crippen molar-refractivity contribution < 1.29 is 23.5 Å². The fraction of sp³-hybridized carbons (Fsp3) is 0.346. The average Bonchev–Trinajstić information content (AvgIpc) is 3.59. The number of aryl methyl sites for hydroxylation is 1. The van der Waals surface area contributed by atoms with Crippen LogP contribution in [0.1, 0.15) is 30.7 Å². The molecule has 11 heteroatoms. The van der Waals surface area contributed by atoms with Crippen molar-refractivity contribution in [3.8, 4) is 22.8 Å². The summed E-state index contributed by atoms with van der Waals surface area (Å²) in [6.45, 7) is 3.05. The van der Waals surface area contributed by atoms with Crippen LogP contribution in [0.15, 0.2) is 47.3 Å². The number of amides is 1. The van der Waals surface area contributed by atoms with Gasteiger partial charge in [0, 0.05) is 35.3 Å². The van der Waals surface area contributed by atoms with E-state index in [1.807, 2.05) is 25.1 Å². The number of alkyl carbamates (subject to hydrolysis) is 1. The van der Waals surface area contributed by atoms with Gasteiger partial charge in [-0.3, -0.25) is 0 Å². The third kappa shape index (κ3) is 4.97. The van der Waals surface area contributed by atoms with E-state index in [0.29, 0.717) is 36.5 Å². The van der Waals surface area contributed by atoms with Crippen LogP contribution < -0.4 is 20.1 Å². The second-order valence-electron chi connectivity index (χ2n) is 9.12. The number of hydrogen-bond donors (Lipinski definition) is 2. The van der Waals surface area contributed by atoms with E-state index in [1.165, 1.54) is 6.26 Å². The highest BCUT2D eigenvalue weighted by molar-refractivity contribution is 5.88. The van der Waals surface area contributed by atoms with Gasteiger partial charge in [0.15, 0.2) is 5.75 Å². The third-order valence-electron chi connectivity index (χ3n) is 6.57. The Hall–Kier alpha value is -4.41. The topological polar surface area (TPSA) is 134 Å². The van der Waals surface area contributed by atoms with E-state index in [4.69, 9.17) is 28.7 Å². The van der Waals surface area contributed by atoms with Gasteiger partial charge in [0.25, 0.3) is 5.88 Å². The van der Waals surface area contributed by atoms with Crippen molar-refractivity contribution in [2.75, 3.05) is 18.5 Å². The average molecular weight is 503 g/mol. The van der Waals surface area contributed by atoms with Gasteiger partial charge in [-0.2, -0.15) is 0 Å². The van der Waals surface area contributed by atoms with Gasteiger partial charge in [0.2, 0.25) is 5.95 Å². The molecular formula is C26H26N6O5. The Morgan fingerprint density at radius 2 is 2.00 bits per heavy atom. The zero-order chi connectivity index (χ0) is 25.2. The van der Waals surface area contributed by atoms with Gasteiger partial charge >= 0.3 is 6.09 Å². The van der Waals surface area contributed by atoms with Gasteiger partial charge in [-0.15, -0.1) is 0 Å². The van der Waals surface area contributed by atoms with Gasteiger partial charge in [0.1, 0.15) is 31.8 Å². The van der Waals surface area contributed by atoms with Crippen molar-refractivity contribution in [3.05, 3.63) is 54.2 Å². The molecule has 1 amide bonds. The summed E-state index contributed by atoms with van der Waals surface area (Å²) in [5.41, 5.74) is 4.21. The molecule has 2 atom stereocenters. The van der Waals surface area contributed by atoms with Crippen molar-refractivity contribution in [3.63, 3.8) is 0 Å². The van der Waals surface area contributed by atoms with Crippen molar-refractivity contribution in [2.24, 2.45) is 0 Å². The van der Waals surface area contributed by atoms with Crippen LogP contribution >= 0.6 is 0 Å². The highest BCUT2D eigenvalue weighted by atomic mass is 16.6. The van der Waals surface area contributed by atoms with Gasteiger partial charge in [-0.1, -0.05) is 11.2 Å². The van der Waals surface area contributed by atoms with Crippen molar-refractivity contribution in [2.45, 2.75) is 44.9 Å². The first-order valence-corrected chi connectivity index (χ1v) is 12.2. The number of aromatic nitrogens is 4. The van der Waals surface area contributed by atoms with Crippen molar-refractivity contribution in [1.82, 2.24) is 25.4 Å². The number of hydrogen-bond acceptors (Lipinski definition) is 10. The summed E-state index contributed by atoms with van der Waals surface area (Å²) in [4.78, 5) is 25.8.